The number of piperazine rings is 1. The van der Waals surface area contributed by atoms with Crippen molar-refractivity contribution < 1.29 is 17.6 Å². The summed E-state index contributed by atoms with van der Waals surface area (Å²) in [6, 6.07) is 8.07. The van der Waals surface area contributed by atoms with Gasteiger partial charge < -0.3 is 14.3 Å². The van der Waals surface area contributed by atoms with Crippen LogP contribution in [0.25, 0.3) is 11.0 Å². The Labute approximate surface area is 144 Å². The van der Waals surface area contributed by atoms with Gasteiger partial charge in [0.25, 0.3) is 5.91 Å². The molecular formula is C16H16N4O4S. The predicted molar refractivity (Wildman–Crippen MR) is 89.5 cm³/mol. The van der Waals surface area contributed by atoms with Crippen molar-refractivity contribution in [1.82, 2.24) is 19.2 Å². The maximum absolute atomic E-state index is 12.8. The maximum Gasteiger partial charge on any atom is 0.289 e. The van der Waals surface area contributed by atoms with E-state index in [9.17, 15) is 13.2 Å². The molecule has 130 valence electrons. The van der Waals surface area contributed by atoms with Crippen molar-refractivity contribution in [2.75, 3.05) is 26.2 Å². The minimum absolute atomic E-state index is 0.218. The Bertz CT molecular complexity index is 1000. The van der Waals surface area contributed by atoms with Crippen molar-refractivity contribution >= 4 is 27.0 Å². The van der Waals surface area contributed by atoms with Gasteiger partial charge in [-0.1, -0.05) is 0 Å². The molecule has 0 aliphatic carbocycles. The van der Waals surface area contributed by atoms with E-state index in [2.05, 4.69) is 9.97 Å². The molecule has 1 fully saturated rings. The van der Waals surface area contributed by atoms with Gasteiger partial charge in [-0.25, -0.2) is 13.4 Å². The van der Waals surface area contributed by atoms with Crippen LogP contribution < -0.4 is 0 Å². The molecule has 2 aromatic heterocycles. The Kier molecular flexibility index (Phi) is 3.81. The lowest BCUT2D eigenvalue weighted by Crippen LogP contribution is -2.50. The van der Waals surface area contributed by atoms with E-state index in [0.717, 1.165) is 0 Å². The zero-order valence-corrected chi connectivity index (χ0v) is 14.1. The quantitative estimate of drug-likeness (QED) is 0.759. The topological polar surface area (TPSA) is 99.5 Å². The smallest absolute Gasteiger partial charge is 0.289 e. The fourth-order valence-corrected chi connectivity index (χ4v) is 4.36. The molecule has 9 heteroatoms. The van der Waals surface area contributed by atoms with Gasteiger partial charge >= 0.3 is 0 Å². The molecule has 1 amide bonds. The van der Waals surface area contributed by atoms with Crippen molar-refractivity contribution in [3.8, 4) is 0 Å². The zero-order valence-electron chi connectivity index (χ0n) is 13.3. The Morgan fingerprint density at radius 2 is 1.96 bits per heavy atom. The Morgan fingerprint density at radius 3 is 2.68 bits per heavy atom. The molecule has 1 aromatic carbocycles. The number of hydrogen-bond donors (Lipinski definition) is 1. The molecule has 1 aliphatic heterocycles. The zero-order chi connectivity index (χ0) is 17.4. The fraction of sp³-hybridized carbons (Fsp3) is 0.250. The van der Waals surface area contributed by atoms with Crippen molar-refractivity contribution in [3.05, 3.63) is 48.7 Å². The first-order valence-corrected chi connectivity index (χ1v) is 9.26. The summed E-state index contributed by atoms with van der Waals surface area (Å²) in [5.74, 6) is 0.0435. The van der Waals surface area contributed by atoms with Crippen molar-refractivity contribution in [2.45, 2.75) is 4.90 Å². The molecule has 1 saturated heterocycles. The minimum Gasteiger partial charge on any atom is -0.459 e. The number of imidazole rings is 1. The van der Waals surface area contributed by atoms with Gasteiger partial charge in [0.05, 0.1) is 28.5 Å². The lowest BCUT2D eigenvalue weighted by molar-refractivity contribution is 0.0666. The normalized spacial score (nSPS) is 16.4. The fourth-order valence-electron chi connectivity index (χ4n) is 2.91. The first-order chi connectivity index (χ1) is 12.1. The van der Waals surface area contributed by atoms with Crippen LogP contribution >= 0.6 is 0 Å². The second kappa shape index (κ2) is 6.01. The summed E-state index contributed by atoms with van der Waals surface area (Å²) < 4.78 is 32.2. The number of rotatable bonds is 3. The molecule has 0 spiro atoms. The summed E-state index contributed by atoms with van der Waals surface area (Å²) in [6.07, 6.45) is 2.97. The third kappa shape index (κ3) is 2.81. The number of aromatic nitrogens is 2. The van der Waals surface area contributed by atoms with Crippen LogP contribution in [0.2, 0.25) is 0 Å². The number of carbonyl (C=O) groups is 1. The monoisotopic (exact) mass is 360 g/mol. The SMILES string of the molecule is O=C(c1ccco1)N1CCN(S(=O)(=O)c2ccc3nc[nH]c3c2)CC1. The predicted octanol–water partition coefficient (Wildman–Crippen LogP) is 1.30. The molecule has 4 rings (SSSR count). The number of carbonyl (C=O) groups excluding carboxylic acids is 1. The van der Waals surface area contributed by atoms with E-state index in [-0.39, 0.29) is 29.7 Å². The number of H-pyrrole nitrogens is 1. The Morgan fingerprint density at radius 1 is 1.16 bits per heavy atom. The van der Waals surface area contributed by atoms with Crippen molar-refractivity contribution in [2.24, 2.45) is 0 Å². The lowest BCUT2D eigenvalue weighted by atomic mass is 10.3. The van der Waals surface area contributed by atoms with Crippen molar-refractivity contribution in [3.63, 3.8) is 0 Å². The van der Waals surface area contributed by atoms with Crippen LogP contribution in [0.3, 0.4) is 0 Å². The van der Waals surface area contributed by atoms with Crippen LogP contribution in [0.4, 0.5) is 0 Å². The highest BCUT2D eigenvalue weighted by Crippen LogP contribution is 2.21. The molecule has 25 heavy (non-hydrogen) atoms. The highest BCUT2D eigenvalue weighted by atomic mass is 32.2. The summed E-state index contributed by atoms with van der Waals surface area (Å²) in [6.45, 7) is 1.14. The molecule has 0 bridgehead atoms. The molecule has 0 unspecified atom stereocenters. The summed E-state index contributed by atoms with van der Waals surface area (Å²) in [5, 5.41) is 0. The largest absolute Gasteiger partial charge is 0.459 e. The second-order valence-electron chi connectivity index (χ2n) is 5.76. The van der Waals surface area contributed by atoms with Crippen LogP contribution in [0.1, 0.15) is 10.6 Å². The average Bonchev–Trinajstić information content (AvgIpc) is 3.32. The van der Waals surface area contributed by atoms with Crippen LogP contribution in [0.5, 0.6) is 0 Å². The highest BCUT2D eigenvalue weighted by Gasteiger charge is 2.31. The molecule has 0 radical (unpaired) electrons. The summed E-state index contributed by atoms with van der Waals surface area (Å²) in [4.78, 5) is 21.1. The highest BCUT2D eigenvalue weighted by molar-refractivity contribution is 7.89. The van der Waals surface area contributed by atoms with E-state index >= 15 is 0 Å². The van der Waals surface area contributed by atoms with Gasteiger partial charge in [-0.15, -0.1) is 0 Å². The van der Waals surface area contributed by atoms with Gasteiger partial charge in [0.15, 0.2) is 5.76 Å². The van der Waals surface area contributed by atoms with Gasteiger partial charge in [0.2, 0.25) is 10.0 Å². The van der Waals surface area contributed by atoms with Gasteiger partial charge in [-0.05, 0) is 30.3 Å². The molecule has 1 aliphatic rings. The maximum atomic E-state index is 12.8. The van der Waals surface area contributed by atoms with Gasteiger partial charge in [-0.2, -0.15) is 4.31 Å². The molecule has 8 nitrogen and oxygen atoms in total. The van der Waals surface area contributed by atoms with Crippen molar-refractivity contribution in [1.29, 1.82) is 0 Å². The van der Waals surface area contributed by atoms with Gasteiger partial charge in [-0.3, -0.25) is 4.79 Å². The number of nitrogens with zero attached hydrogens (tertiary/aromatic N) is 3. The van der Waals surface area contributed by atoms with E-state index in [1.165, 1.54) is 16.9 Å². The number of sulfonamides is 1. The van der Waals surface area contributed by atoms with E-state index in [1.807, 2.05) is 0 Å². The summed E-state index contributed by atoms with van der Waals surface area (Å²) in [7, 11) is -3.61. The van der Waals surface area contributed by atoms with E-state index in [0.29, 0.717) is 24.1 Å². The number of furan rings is 1. The van der Waals surface area contributed by atoms with E-state index < -0.39 is 10.0 Å². The van der Waals surface area contributed by atoms with E-state index in [4.69, 9.17) is 4.42 Å². The molecular weight excluding hydrogens is 344 g/mol. The lowest BCUT2D eigenvalue weighted by Gasteiger charge is -2.33. The van der Waals surface area contributed by atoms with Crippen LogP contribution in [0, 0.1) is 0 Å². The average molecular weight is 360 g/mol. The van der Waals surface area contributed by atoms with Crippen LogP contribution in [-0.2, 0) is 10.0 Å². The molecule has 3 heterocycles. The standard InChI is InChI=1S/C16H16N4O4S/c21-16(15-2-1-9-24-15)19-5-7-20(8-6-19)25(22,23)12-3-4-13-14(10-12)18-11-17-13/h1-4,9-11H,5-8H2,(H,17,18). The van der Waals surface area contributed by atoms with Crippen LogP contribution in [0.15, 0.2) is 52.2 Å². The number of benzene rings is 1. The third-order valence-electron chi connectivity index (χ3n) is 4.29. The summed E-state index contributed by atoms with van der Waals surface area (Å²) in [5.41, 5.74) is 1.39. The van der Waals surface area contributed by atoms with Crippen LogP contribution in [-0.4, -0.2) is 59.7 Å². The first-order valence-electron chi connectivity index (χ1n) is 7.82. The molecule has 3 aromatic rings. The molecule has 0 saturated carbocycles. The number of fused-ring (bicyclic) bond motifs is 1. The minimum atomic E-state index is -3.61. The molecule has 0 atom stereocenters. The first kappa shape index (κ1) is 15.9. The van der Waals surface area contributed by atoms with E-state index in [1.54, 1.807) is 35.2 Å². The molecule has 1 N–H and O–H groups in total. The number of aromatic amines is 1. The number of amides is 1. The third-order valence-corrected chi connectivity index (χ3v) is 6.18. The summed E-state index contributed by atoms with van der Waals surface area (Å²) >= 11 is 0. The Balaban J connectivity index is 1.50. The second-order valence-corrected chi connectivity index (χ2v) is 7.69. The number of hydrogen-bond acceptors (Lipinski definition) is 5. The Hall–Kier alpha value is -2.65. The van der Waals surface area contributed by atoms with Gasteiger partial charge in [0, 0.05) is 26.2 Å². The van der Waals surface area contributed by atoms with Gasteiger partial charge in [0.1, 0.15) is 0 Å². The number of nitrogens with one attached hydrogen (secondary N) is 1.